The number of amides is 1. The number of nitrogens with zero attached hydrogens (tertiary/aromatic N) is 3. The average molecular weight is 360 g/mol. The summed E-state index contributed by atoms with van der Waals surface area (Å²) in [5.74, 6) is 0.836. The van der Waals surface area contributed by atoms with Crippen molar-refractivity contribution in [3.8, 4) is 5.69 Å². The molecular formula is C22H24N4O. The number of benzene rings is 2. The first-order valence-corrected chi connectivity index (χ1v) is 9.66. The zero-order chi connectivity index (χ0) is 18.5. The van der Waals surface area contributed by atoms with E-state index in [2.05, 4.69) is 27.5 Å². The van der Waals surface area contributed by atoms with Crippen LogP contribution in [0.3, 0.4) is 0 Å². The number of carbonyl (C=O) groups is 1. The SMILES string of the molecule is O=C(NC1CCCCC1)c1nc(Cc2ccccc2)n(-c2ccccc2)n1. The Balaban J connectivity index is 1.61. The highest BCUT2D eigenvalue weighted by Gasteiger charge is 2.21. The second-order valence-electron chi connectivity index (χ2n) is 7.07. The van der Waals surface area contributed by atoms with Gasteiger partial charge in [0.05, 0.1) is 5.69 Å². The number of hydrogen-bond donors (Lipinski definition) is 1. The van der Waals surface area contributed by atoms with Crippen molar-refractivity contribution in [3.63, 3.8) is 0 Å². The molecule has 138 valence electrons. The number of carbonyl (C=O) groups excluding carboxylic acids is 1. The molecule has 1 N–H and O–H groups in total. The highest BCUT2D eigenvalue weighted by atomic mass is 16.2. The summed E-state index contributed by atoms with van der Waals surface area (Å²) in [6, 6.07) is 20.2. The van der Waals surface area contributed by atoms with Gasteiger partial charge < -0.3 is 5.32 Å². The lowest BCUT2D eigenvalue weighted by Gasteiger charge is -2.21. The molecule has 1 saturated carbocycles. The van der Waals surface area contributed by atoms with Crippen LogP contribution in [0.2, 0.25) is 0 Å². The Kier molecular flexibility index (Phi) is 5.28. The predicted octanol–water partition coefficient (Wildman–Crippen LogP) is 3.92. The van der Waals surface area contributed by atoms with Crippen LogP contribution in [0, 0.1) is 0 Å². The maximum atomic E-state index is 12.7. The largest absolute Gasteiger partial charge is 0.347 e. The summed E-state index contributed by atoms with van der Waals surface area (Å²) in [5.41, 5.74) is 2.05. The van der Waals surface area contributed by atoms with Gasteiger partial charge in [-0.1, -0.05) is 67.8 Å². The fourth-order valence-corrected chi connectivity index (χ4v) is 3.61. The smallest absolute Gasteiger partial charge is 0.291 e. The van der Waals surface area contributed by atoms with Crippen molar-refractivity contribution >= 4 is 5.91 Å². The van der Waals surface area contributed by atoms with E-state index >= 15 is 0 Å². The van der Waals surface area contributed by atoms with Crippen LogP contribution in [-0.4, -0.2) is 26.7 Å². The van der Waals surface area contributed by atoms with E-state index in [0.29, 0.717) is 6.42 Å². The minimum absolute atomic E-state index is 0.175. The minimum Gasteiger partial charge on any atom is -0.347 e. The Hall–Kier alpha value is -2.95. The van der Waals surface area contributed by atoms with Crippen molar-refractivity contribution in [2.75, 3.05) is 0 Å². The summed E-state index contributed by atoms with van der Waals surface area (Å²) in [4.78, 5) is 17.3. The number of aromatic nitrogens is 3. The van der Waals surface area contributed by atoms with Crippen molar-refractivity contribution in [2.45, 2.75) is 44.6 Å². The first kappa shape index (κ1) is 17.5. The standard InChI is InChI=1S/C22H24N4O/c27-22(23-18-12-6-2-7-13-18)21-24-20(16-17-10-4-1-5-11-17)26(25-21)19-14-8-3-9-15-19/h1,3-5,8-11,14-15,18H,2,6-7,12-13,16H2,(H,23,27). The van der Waals surface area contributed by atoms with E-state index in [9.17, 15) is 4.79 Å². The fourth-order valence-electron chi connectivity index (χ4n) is 3.61. The Bertz CT molecular complexity index is 883. The molecule has 0 bridgehead atoms. The zero-order valence-corrected chi connectivity index (χ0v) is 15.3. The van der Waals surface area contributed by atoms with E-state index in [-0.39, 0.29) is 17.8 Å². The van der Waals surface area contributed by atoms with Crippen LogP contribution >= 0.6 is 0 Å². The normalized spacial score (nSPS) is 14.8. The highest BCUT2D eigenvalue weighted by molar-refractivity contribution is 5.90. The van der Waals surface area contributed by atoms with E-state index in [1.54, 1.807) is 4.68 Å². The van der Waals surface area contributed by atoms with Gasteiger partial charge in [0, 0.05) is 12.5 Å². The van der Waals surface area contributed by atoms with E-state index in [0.717, 1.165) is 29.9 Å². The van der Waals surface area contributed by atoms with Gasteiger partial charge in [-0.15, -0.1) is 5.10 Å². The van der Waals surface area contributed by atoms with E-state index in [4.69, 9.17) is 0 Å². The van der Waals surface area contributed by atoms with Gasteiger partial charge in [0.15, 0.2) is 0 Å². The van der Waals surface area contributed by atoms with Gasteiger partial charge in [0.25, 0.3) is 5.91 Å². The van der Waals surface area contributed by atoms with Crippen molar-refractivity contribution in [2.24, 2.45) is 0 Å². The Morgan fingerprint density at radius 3 is 2.33 bits per heavy atom. The molecular weight excluding hydrogens is 336 g/mol. The molecule has 0 spiro atoms. The molecule has 1 aliphatic carbocycles. The predicted molar refractivity (Wildman–Crippen MR) is 105 cm³/mol. The molecule has 0 atom stereocenters. The fraction of sp³-hybridized carbons (Fsp3) is 0.318. The van der Waals surface area contributed by atoms with Crippen molar-refractivity contribution in [3.05, 3.63) is 77.9 Å². The summed E-state index contributed by atoms with van der Waals surface area (Å²) in [5, 5.41) is 7.65. The molecule has 0 aliphatic heterocycles. The average Bonchev–Trinajstić information content (AvgIpc) is 3.14. The molecule has 1 heterocycles. The van der Waals surface area contributed by atoms with Crippen LogP contribution < -0.4 is 5.32 Å². The van der Waals surface area contributed by atoms with Crippen LogP contribution in [0.15, 0.2) is 60.7 Å². The van der Waals surface area contributed by atoms with Gasteiger partial charge in [0.1, 0.15) is 5.82 Å². The van der Waals surface area contributed by atoms with Crippen molar-refractivity contribution < 1.29 is 4.79 Å². The van der Waals surface area contributed by atoms with Crippen molar-refractivity contribution in [1.82, 2.24) is 20.1 Å². The summed E-state index contributed by atoms with van der Waals surface area (Å²) in [7, 11) is 0. The molecule has 0 radical (unpaired) electrons. The second-order valence-corrected chi connectivity index (χ2v) is 7.07. The lowest BCUT2D eigenvalue weighted by atomic mass is 9.95. The van der Waals surface area contributed by atoms with Crippen LogP contribution in [0.4, 0.5) is 0 Å². The number of rotatable bonds is 5. The maximum Gasteiger partial charge on any atom is 0.291 e. The third kappa shape index (κ3) is 4.25. The third-order valence-corrected chi connectivity index (χ3v) is 5.02. The lowest BCUT2D eigenvalue weighted by Crippen LogP contribution is -2.36. The molecule has 1 aliphatic rings. The molecule has 1 amide bonds. The van der Waals surface area contributed by atoms with Crippen LogP contribution in [0.25, 0.3) is 5.69 Å². The first-order valence-electron chi connectivity index (χ1n) is 9.66. The van der Waals surface area contributed by atoms with E-state index in [1.807, 2.05) is 48.5 Å². The van der Waals surface area contributed by atoms with Gasteiger partial charge in [-0.25, -0.2) is 9.67 Å². The number of nitrogens with one attached hydrogen (secondary N) is 1. The minimum atomic E-state index is -0.175. The van der Waals surface area contributed by atoms with Crippen LogP contribution in [-0.2, 0) is 6.42 Å². The van der Waals surface area contributed by atoms with Gasteiger partial charge >= 0.3 is 0 Å². The van der Waals surface area contributed by atoms with E-state index in [1.165, 1.54) is 19.3 Å². The van der Waals surface area contributed by atoms with Gasteiger partial charge in [-0.3, -0.25) is 4.79 Å². The first-order chi connectivity index (χ1) is 13.3. The molecule has 3 aromatic rings. The molecule has 27 heavy (non-hydrogen) atoms. The van der Waals surface area contributed by atoms with Gasteiger partial charge in [-0.05, 0) is 30.5 Å². The van der Waals surface area contributed by atoms with Crippen molar-refractivity contribution in [1.29, 1.82) is 0 Å². The molecule has 0 saturated heterocycles. The van der Waals surface area contributed by atoms with Gasteiger partial charge in [-0.2, -0.15) is 0 Å². The Labute approximate surface area is 159 Å². The molecule has 5 nitrogen and oxygen atoms in total. The lowest BCUT2D eigenvalue weighted by molar-refractivity contribution is 0.0917. The third-order valence-electron chi connectivity index (χ3n) is 5.02. The maximum absolute atomic E-state index is 12.7. The van der Waals surface area contributed by atoms with Crippen LogP contribution in [0.1, 0.15) is 54.1 Å². The molecule has 0 unspecified atom stereocenters. The molecule has 1 fully saturated rings. The summed E-state index contributed by atoms with van der Waals surface area (Å²) >= 11 is 0. The topological polar surface area (TPSA) is 59.8 Å². The monoisotopic (exact) mass is 360 g/mol. The Morgan fingerprint density at radius 2 is 1.63 bits per heavy atom. The molecule has 1 aromatic heterocycles. The molecule has 2 aromatic carbocycles. The summed E-state index contributed by atoms with van der Waals surface area (Å²) < 4.78 is 1.78. The second kappa shape index (κ2) is 8.16. The number of para-hydroxylation sites is 1. The quantitative estimate of drug-likeness (QED) is 0.750. The highest BCUT2D eigenvalue weighted by Crippen LogP contribution is 2.18. The Morgan fingerprint density at radius 1 is 0.963 bits per heavy atom. The molecule has 5 heteroatoms. The zero-order valence-electron chi connectivity index (χ0n) is 15.3. The molecule has 4 rings (SSSR count). The van der Waals surface area contributed by atoms with Crippen LogP contribution in [0.5, 0.6) is 0 Å². The summed E-state index contributed by atoms with van der Waals surface area (Å²) in [6.45, 7) is 0. The summed E-state index contributed by atoms with van der Waals surface area (Å²) in [6.07, 6.45) is 6.32. The van der Waals surface area contributed by atoms with E-state index < -0.39 is 0 Å². The number of hydrogen-bond acceptors (Lipinski definition) is 3. The van der Waals surface area contributed by atoms with Gasteiger partial charge in [0.2, 0.25) is 5.82 Å².